The number of benzene rings is 2. The predicted molar refractivity (Wildman–Crippen MR) is 100 cm³/mol. The average molecular weight is 383 g/mol. The molecule has 2 aromatic carbocycles. The van der Waals surface area contributed by atoms with Gasteiger partial charge in [0.1, 0.15) is 5.75 Å². The number of halogens is 1. The van der Waals surface area contributed by atoms with Gasteiger partial charge in [0.25, 0.3) is 0 Å². The van der Waals surface area contributed by atoms with E-state index in [0.29, 0.717) is 11.4 Å². The molecule has 1 amide bonds. The van der Waals surface area contributed by atoms with E-state index in [1.807, 2.05) is 48.5 Å². The number of fused-ring (bicyclic) bond motifs is 1. The molecule has 0 saturated carbocycles. The van der Waals surface area contributed by atoms with Crippen LogP contribution in [-0.4, -0.2) is 18.0 Å². The molecule has 1 heterocycles. The van der Waals surface area contributed by atoms with Gasteiger partial charge in [-0.3, -0.25) is 9.78 Å². The molecule has 0 aliphatic carbocycles. The maximum Gasteiger partial charge on any atom is 0.248 e. The van der Waals surface area contributed by atoms with Gasteiger partial charge in [0.15, 0.2) is 0 Å². The van der Waals surface area contributed by atoms with E-state index >= 15 is 0 Å². The van der Waals surface area contributed by atoms with E-state index in [-0.39, 0.29) is 5.91 Å². The van der Waals surface area contributed by atoms with Crippen molar-refractivity contribution in [2.75, 3.05) is 12.4 Å². The molecule has 3 aromatic rings. The Balaban J connectivity index is 1.82. The topological polar surface area (TPSA) is 51.2 Å². The third-order valence-electron chi connectivity index (χ3n) is 3.50. The minimum absolute atomic E-state index is 0.227. The van der Waals surface area contributed by atoms with Crippen molar-refractivity contribution in [3.63, 3.8) is 0 Å². The van der Waals surface area contributed by atoms with Crippen LogP contribution < -0.4 is 10.1 Å². The Morgan fingerprint density at radius 1 is 1.21 bits per heavy atom. The van der Waals surface area contributed by atoms with E-state index in [9.17, 15) is 4.79 Å². The summed E-state index contributed by atoms with van der Waals surface area (Å²) >= 11 is 3.42. The minimum Gasteiger partial charge on any atom is -0.496 e. The van der Waals surface area contributed by atoms with Crippen molar-refractivity contribution in [3.05, 3.63) is 70.8 Å². The zero-order valence-corrected chi connectivity index (χ0v) is 14.6. The van der Waals surface area contributed by atoms with Crippen LogP contribution in [0.2, 0.25) is 0 Å². The van der Waals surface area contributed by atoms with Crippen molar-refractivity contribution in [1.82, 2.24) is 4.98 Å². The van der Waals surface area contributed by atoms with Gasteiger partial charge in [0.2, 0.25) is 5.91 Å². The lowest BCUT2D eigenvalue weighted by Gasteiger charge is -2.07. The lowest BCUT2D eigenvalue weighted by Crippen LogP contribution is -2.08. The quantitative estimate of drug-likeness (QED) is 0.667. The summed E-state index contributed by atoms with van der Waals surface area (Å²) in [5, 5.41) is 3.85. The van der Waals surface area contributed by atoms with E-state index < -0.39 is 0 Å². The number of carbonyl (C=O) groups is 1. The largest absolute Gasteiger partial charge is 0.496 e. The normalized spacial score (nSPS) is 10.9. The second kappa shape index (κ2) is 7.27. The third-order valence-corrected chi connectivity index (χ3v) is 3.99. The van der Waals surface area contributed by atoms with E-state index in [1.165, 1.54) is 6.08 Å². The SMILES string of the molecule is COc1ccc(Br)cc1C=CC(=O)Nc1cccc2cccnc12. The summed E-state index contributed by atoms with van der Waals surface area (Å²) in [6, 6.07) is 15.1. The molecule has 1 aromatic heterocycles. The molecule has 0 spiro atoms. The van der Waals surface area contributed by atoms with Gasteiger partial charge in [0.05, 0.1) is 18.3 Å². The first-order chi connectivity index (χ1) is 11.7. The molecule has 0 radical (unpaired) electrons. The van der Waals surface area contributed by atoms with Crippen molar-refractivity contribution in [1.29, 1.82) is 0 Å². The number of aromatic nitrogens is 1. The number of nitrogens with zero attached hydrogens (tertiary/aromatic N) is 1. The molecule has 1 N–H and O–H groups in total. The molecule has 0 aliphatic heterocycles. The van der Waals surface area contributed by atoms with Crippen LogP contribution in [0.3, 0.4) is 0 Å². The van der Waals surface area contributed by atoms with Crippen LogP contribution in [0, 0.1) is 0 Å². The first-order valence-electron chi connectivity index (χ1n) is 7.34. The molecule has 0 atom stereocenters. The number of carbonyl (C=O) groups excluding carboxylic acids is 1. The minimum atomic E-state index is -0.227. The molecular weight excluding hydrogens is 368 g/mol. The first kappa shape index (κ1) is 16.2. The highest BCUT2D eigenvalue weighted by atomic mass is 79.9. The van der Waals surface area contributed by atoms with Gasteiger partial charge in [-0.1, -0.05) is 34.1 Å². The van der Waals surface area contributed by atoms with Gasteiger partial charge in [-0.15, -0.1) is 0 Å². The second-order valence-electron chi connectivity index (χ2n) is 5.09. The summed E-state index contributed by atoms with van der Waals surface area (Å²) in [6.07, 6.45) is 4.91. The monoisotopic (exact) mass is 382 g/mol. The van der Waals surface area contributed by atoms with Crippen LogP contribution in [-0.2, 0) is 4.79 Å². The number of hydrogen-bond acceptors (Lipinski definition) is 3. The van der Waals surface area contributed by atoms with Crippen LogP contribution in [0.1, 0.15) is 5.56 Å². The maximum absolute atomic E-state index is 12.2. The zero-order valence-electron chi connectivity index (χ0n) is 13.0. The molecule has 5 heteroatoms. The Morgan fingerprint density at radius 3 is 2.88 bits per heavy atom. The number of methoxy groups -OCH3 is 1. The summed E-state index contributed by atoms with van der Waals surface area (Å²) in [5.74, 6) is 0.476. The molecule has 0 saturated heterocycles. The van der Waals surface area contributed by atoms with Crippen molar-refractivity contribution >= 4 is 44.5 Å². The van der Waals surface area contributed by atoms with Gasteiger partial charge in [-0.25, -0.2) is 0 Å². The number of anilines is 1. The fraction of sp³-hybridized carbons (Fsp3) is 0.0526. The fourth-order valence-electron chi connectivity index (χ4n) is 2.38. The molecule has 3 rings (SSSR count). The Kier molecular flexibility index (Phi) is 4.91. The summed E-state index contributed by atoms with van der Waals surface area (Å²) < 4.78 is 6.21. The maximum atomic E-state index is 12.2. The summed E-state index contributed by atoms with van der Waals surface area (Å²) in [6.45, 7) is 0. The van der Waals surface area contributed by atoms with Gasteiger partial charge < -0.3 is 10.1 Å². The Morgan fingerprint density at radius 2 is 2.04 bits per heavy atom. The van der Waals surface area contributed by atoms with Gasteiger partial charge in [0, 0.05) is 27.7 Å². The lowest BCUT2D eigenvalue weighted by atomic mass is 10.1. The van der Waals surface area contributed by atoms with Gasteiger partial charge in [-0.05, 0) is 36.4 Å². The van der Waals surface area contributed by atoms with E-state index in [0.717, 1.165) is 20.9 Å². The van der Waals surface area contributed by atoms with E-state index in [4.69, 9.17) is 4.74 Å². The van der Waals surface area contributed by atoms with E-state index in [2.05, 4.69) is 26.2 Å². The number of ether oxygens (including phenoxy) is 1. The highest BCUT2D eigenvalue weighted by Crippen LogP contribution is 2.24. The number of pyridine rings is 1. The molecule has 0 fully saturated rings. The zero-order chi connectivity index (χ0) is 16.9. The summed E-state index contributed by atoms with van der Waals surface area (Å²) in [5.41, 5.74) is 2.27. The Hall–Kier alpha value is -2.66. The third kappa shape index (κ3) is 3.63. The Labute approximate surface area is 148 Å². The highest BCUT2D eigenvalue weighted by molar-refractivity contribution is 9.10. The average Bonchev–Trinajstić information content (AvgIpc) is 2.60. The van der Waals surface area contributed by atoms with Crippen LogP contribution in [0.5, 0.6) is 5.75 Å². The summed E-state index contributed by atoms with van der Waals surface area (Å²) in [4.78, 5) is 16.6. The van der Waals surface area contributed by atoms with Crippen LogP contribution in [0.25, 0.3) is 17.0 Å². The molecule has 120 valence electrons. The lowest BCUT2D eigenvalue weighted by molar-refractivity contribution is -0.111. The molecule has 0 bridgehead atoms. The van der Waals surface area contributed by atoms with Crippen LogP contribution in [0.4, 0.5) is 5.69 Å². The number of nitrogens with one attached hydrogen (secondary N) is 1. The predicted octanol–water partition coefficient (Wildman–Crippen LogP) is 4.66. The van der Waals surface area contributed by atoms with E-state index in [1.54, 1.807) is 19.4 Å². The highest BCUT2D eigenvalue weighted by Gasteiger charge is 2.05. The van der Waals surface area contributed by atoms with Gasteiger partial charge >= 0.3 is 0 Å². The van der Waals surface area contributed by atoms with Crippen molar-refractivity contribution < 1.29 is 9.53 Å². The van der Waals surface area contributed by atoms with Gasteiger partial charge in [-0.2, -0.15) is 0 Å². The smallest absolute Gasteiger partial charge is 0.248 e. The van der Waals surface area contributed by atoms with Crippen molar-refractivity contribution in [3.8, 4) is 5.75 Å². The molecular formula is C19H15BrN2O2. The molecule has 0 aliphatic rings. The second-order valence-corrected chi connectivity index (χ2v) is 6.01. The standard InChI is InChI=1S/C19H15BrN2O2/c1-24-17-9-8-15(20)12-14(17)7-10-18(23)22-16-6-2-4-13-5-3-11-21-19(13)16/h2-12H,1H3,(H,22,23). The van der Waals surface area contributed by atoms with Crippen LogP contribution in [0.15, 0.2) is 65.3 Å². The number of para-hydroxylation sites is 1. The molecule has 24 heavy (non-hydrogen) atoms. The van der Waals surface area contributed by atoms with Crippen LogP contribution >= 0.6 is 15.9 Å². The number of amides is 1. The first-order valence-corrected chi connectivity index (χ1v) is 8.13. The molecule has 4 nitrogen and oxygen atoms in total. The fourth-order valence-corrected chi connectivity index (χ4v) is 2.76. The summed E-state index contributed by atoms with van der Waals surface area (Å²) in [7, 11) is 1.60. The number of hydrogen-bond donors (Lipinski definition) is 1. The Bertz CT molecular complexity index is 917. The van der Waals surface area contributed by atoms with Crippen molar-refractivity contribution in [2.45, 2.75) is 0 Å². The van der Waals surface area contributed by atoms with Crippen molar-refractivity contribution in [2.24, 2.45) is 0 Å². The molecule has 0 unspecified atom stereocenters. The number of rotatable bonds is 4.